The number of nitrogen functional groups attached to an aromatic ring is 1. The molecule has 0 saturated carbocycles. The van der Waals surface area contributed by atoms with Gasteiger partial charge >= 0.3 is 0 Å². The van der Waals surface area contributed by atoms with Crippen LogP contribution in [0.1, 0.15) is 13.2 Å². The van der Waals surface area contributed by atoms with E-state index in [0.29, 0.717) is 16.6 Å². The molecule has 4 atom stereocenters. The molecule has 3 aromatic rings. The van der Waals surface area contributed by atoms with E-state index in [2.05, 4.69) is 15.0 Å². The fraction of sp³-hybridized carbons (Fsp3) is 0.400. The Kier molecular flexibility index (Phi) is 3.49. The van der Waals surface area contributed by atoms with Crippen molar-refractivity contribution in [2.75, 3.05) is 12.3 Å². The summed E-state index contributed by atoms with van der Waals surface area (Å²) < 4.78 is 27.4. The maximum atomic E-state index is 15.2. The molecule has 10 heteroatoms. The SMILES string of the molecule is CC1(F)[C@H](O)[C@@H](CO)O[C@H]1n1cc(-c2ncco2)c2c(N)ncnc21. The van der Waals surface area contributed by atoms with Crippen LogP contribution in [0.2, 0.25) is 0 Å². The third kappa shape index (κ3) is 2.22. The number of oxazole rings is 1. The van der Waals surface area contributed by atoms with Crippen molar-refractivity contribution in [1.82, 2.24) is 19.5 Å². The molecular formula is C15H16FN5O4. The third-order valence-electron chi connectivity index (χ3n) is 4.45. The number of halogens is 1. The highest BCUT2D eigenvalue weighted by Crippen LogP contribution is 2.44. The quantitative estimate of drug-likeness (QED) is 0.628. The first-order chi connectivity index (χ1) is 11.9. The number of alkyl halides is 1. The van der Waals surface area contributed by atoms with Crippen LogP contribution in [0, 0.1) is 0 Å². The normalized spacial score (nSPS) is 29.5. The van der Waals surface area contributed by atoms with Crippen molar-refractivity contribution in [3.05, 3.63) is 25.0 Å². The van der Waals surface area contributed by atoms with Crippen LogP contribution < -0.4 is 5.73 Å². The summed E-state index contributed by atoms with van der Waals surface area (Å²) >= 11 is 0. The Morgan fingerprint density at radius 1 is 1.40 bits per heavy atom. The van der Waals surface area contributed by atoms with Gasteiger partial charge in [-0.05, 0) is 6.92 Å². The van der Waals surface area contributed by atoms with Crippen molar-refractivity contribution in [3.8, 4) is 11.5 Å². The maximum Gasteiger partial charge on any atom is 0.228 e. The standard InChI is InChI=1S/C15H16FN5O4/c1-15(16)10(23)8(5-22)25-14(15)21-4-7(13-18-2-3-24-13)9-11(17)19-6-20-12(9)21/h2-4,6,8,10,14,22-23H,5H2,1H3,(H2,17,19,20)/t8-,10-,14-,15?/m1/s1. The fourth-order valence-corrected chi connectivity index (χ4v) is 3.17. The number of nitrogens with two attached hydrogens (primary N) is 1. The summed E-state index contributed by atoms with van der Waals surface area (Å²) in [4.78, 5) is 12.2. The summed E-state index contributed by atoms with van der Waals surface area (Å²) in [5.74, 6) is 0.442. The molecule has 1 unspecified atom stereocenters. The van der Waals surface area contributed by atoms with E-state index in [0.717, 1.165) is 0 Å². The van der Waals surface area contributed by atoms with Crippen LogP contribution >= 0.6 is 0 Å². The number of aliphatic hydroxyl groups excluding tert-OH is 2. The van der Waals surface area contributed by atoms with Gasteiger partial charge in [0.2, 0.25) is 5.89 Å². The molecule has 4 heterocycles. The molecule has 0 aliphatic carbocycles. The van der Waals surface area contributed by atoms with Gasteiger partial charge in [-0.15, -0.1) is 0 Å². The summed E-state index contributed by atoms with van der Waals surface area (Å²) in [6.45, 7) is 0.694. The molecule has 0 bridgehead atoms. The number of anilines is 1. The van der Waals surface area contributed by atoms with Crippen LogP contribution in [0.15, 0.2) is 29.4 Å². The summed E-state index contributed by atoms with van der Waals surface area (Å²) in [6, 6.07) is 0. The minimum absolute atomic E-state index is 0.176. The predicted octanol–water partition coefficient (Wildman–Crippen LogP) is 0.647. The zero-order chi connectivity index (χ0) is 17.8. The average molecular weight is 349 g/mol. The van der Waals surface area contributed by atoms with Crippen molar-refractivity contribution in [1.29, 1.82) is 0 Å². The number of hydrogen-bond acceptors (Lipinski definition) is 8. The number of nitrogens with zero attached hydrogens (tertiary/aromatic N) is 4. The Labute approximate surface area is 140 Å². The molecule has 132 valence electrons. The van der Waals surface area contributed by atoms with Crippen LogP contribution in [0.4, 0.5) is 10.2 Å². The van der Waals surface area contributed by atoms with Crippen LogP contribution in [-0.2, 0) is 4.74 Å². The molecule has 1 aliphatic heterocycles. The smallest absolute Gasteiger partial charge is 0.228 e. The van der Waals surface area contributed by atoms with Gasteiger partial charge in [-0.1, -0.05) is 0 Å². The lowest BCUT2D eigenvalue weighted by Gasteiger charge is -2.25. The fourth-order valence-electron chi connectivity index (χ4n) is 3.17. The lowest BCUT2D eigenvalue weighted by molar-refractivity contribution is -0.0563. The van der Waals surface area contributed by atoms with E-state index < -0.39 is 30.7 Å². The van der Waals surface area contributed by atoms with E-state index >= 15 is 4.39 Å². The molecule has 0 radical (unpaired) electrons. The van der Waals surface area contributed by atoms with E-state index in [1.807, 2.05) is 0 Å². The highest BCUT2D eigenvalue weighted by molar-refractivity contribution is 5.98. The summed E-state index contributed by atoms with van der Waals surface area (Å²) in [5.41, 5.74) is 4.58. The van der Waals surface area contributed by atoms with Gasteiger partial charge in [0.15, 0.2) is 11.9 Å². The first-order valence-corrected chi connectivity index (χ1v) is 7.59. The lowest BCUT2D eigenvalue weighted by Crippen LogP contribution is -2.40. The minimum atomic E-state index is -2.16. The Bertz CT molecular complexity index is 910. The van der Waals surface area contributed by atoms with E-state index in [1.54, 1.807) is 0 Å². The van der Waals surface area contributed by atoms with E-state index in [9.17, 15) is 10.2 Å². The van der Waals surface area contributed by atoms with Gasteiger partial charge in [0.25, 0.3) is 0 Å². The summed E-state index contributed by atoms with van der Waals surface area (Å²) in [7, 11) is 0. The molecule has 0 aromatic carbocycles. The first kappa shape index (κ1) is 15.9. The predicted molar refractivity (Wildman–Crippen MR) is 84.0 cm³/mol. The van der Waals surface area contributed by atoms with Crippen LogP contribution in [0.5, 0.6) is 0 Å². The Morgan fingerprint density at radius 3 is 2.84 bits per heavy atom. The monoisotopic (exact) mass is 349 g/mol. The molecule has 9 nitrogen and oxygen atoms in total. The number of rotatable bonds is 3. The van der Waals surface area contributed by atoms with Crippen molar-refractivity contribution in [2.45, 2.75) is 31.0 Å². The van der Waals surface area contributed by atoms with Gasteiger partial charge in [0, 0.05) is 6.20 Å². The molecule has 4 rings (SSSR count). The number of aromatic nitrogens is 4. The van der Waals surface area contributed by atoms with Gasteiger partial charge in [0.1, 0.15) is 36.3 Å². The van der Waals surface area contributed by atoms with Crippen LogP contribution in [-0.4, -0.2) is 54.2 Å². The Hall–Kier alpha value is -2.56. The van der Waals surface area contributed by atoms with Crippen molar-refractivity contribution >= 4 is 16.9 Å². The molecule has 0 spiro atoms. The molecule has 4 N–H and O–H groups in total. The molecular weight excluding hydrogens is 333 g/mol. The van der Waals surface area contributed by atoms with Gasteiger partial charge in [-0.3, -0.25) is 0 Å². The number of hydrogen-bond donors (Lipinski definition) is 3. The van der Waals surface area contributed by atoms with Crippen molar-refractivity contribution in [3.63, 3.8) is 0 Å². The van der Waals surface area contributed by atoms with Gasteiger partial charge in [-0.2, -0.15) is 0 Å². The van der Waals surface area contributed by atoms with Crippen LogP contribution in [0.3, 0.4) is 0 Å². The molecule has 3 aromatic heterocycles. The average Bonchev–Trinajstić information content (AvgIpc) is 3.27. The second-order valence-corrected chi connectivity index (χ2v) is 6.05. The third-order valence-corrected chi connectivity index (χ3v) is 4.45. The van der Waals surface area contributed by atoms with Crippen molar-refractivity contribution in [2.24, 2.45) is 0 Å². The highest BCUT2D eigenvalue weighted by atomic mass is 19.1. The second-order valence-electron chi connectivity index (χ2n) is 6.05. The van der Waals surface area contributed by atoms with Gasteiger partial charge in [0.05, 0.1) is 23.8 Å². The molecule has 1 aliphatic rings. The maximum absolute atomic E-state index is 15.2. The lowest BCUT2D eigenvalue weighted by atomic mass is 9.98. The molecule has 1 fully saturated rings. The summed E-state index contributed by atoms with van der Waals surface area (Å²) in [5, 5.41) is 19.9. The Balaban J connectivity index is 1.93. The summed E-state index contributed by atoms with van der Waals surface area (Å²) in [6.07, 6.45) is 1.88. The van der Waals surface area contributed by atoms with Crippen LogP contribution in [0.25, 0.3) is 22.5 Å². The molecule has 1 saturated heterocycles. The Morgan fingerprint density at radius 2 is 2.20 bits per heavy atom. The largest absolute Gasteiger partial charge is 0.444 e. The second kappa shape index (κ2) is 5.48. The number of ether oxygens (including phenoxy) is 1. The topological polar surface area (TPSA) is 132 Å². The minimum Gasteiger partial charge on any atom is -0.444 e. The van der Waals surface area contributed by atoms with E-state index in [1.165, 1.54) is 36.5 Å². The highest BCUT2D eigenvalue weighted by Gasteiger charge is 2.55. The van der Waals surface area contributed by atoms with Crippen molar-refractivity contribution < 1.29 is 23.8 Å². The first-order valence-electron chi connectivity index (χ1n) is 7.59. The van der Waals surface area contributed by atoms with Gasteiger partial charge in [-0.25, -0.2) is 19.3 Å². The number of aliphatic hydroxyl groups is 2. The van der Waals surface area contributed by atoms with E-state index in [-0.39, 0.29) is 11.7 Å². The number of fused-ring (bicyclic) bond motifs is 1. The molecule has 0 amide bonds. The van der Waals surface area contributed by atoms with E-state index in [4.69, 9.17) is 14.9 Å². The zero-order valence-electron chi connectivity index (χ0n) is 13.2. The van der Waals surface area contributed by atoms with Gasteiger partial charge < -0.3 is 29.7 Å². The zero-order valence-corrected chi connectivity index (χ0v) is 13.2. The molecule has 25 heavy (non-hydrogen) atoms.